The van der Waals surface area contributed by atoms with Crippen molar-refractivity contribution in [3.8, 4) is 10.4 Å². The SMILES string of the molecule is Cc1nc(NC(=O)c2ccc(S(=O)(=O)N(C)C)cc2)sc1-c1ccccc1. The third kappa shape index (κ3) is 4.08. The molecule has 140 valence electrons. The molecule has 3 rings (SSSR count). The number of carbonyl (C=O) groups is 1. The Bertz CT molecular complexity index is 1060. The molecule has 3 aromatic rings. The highest BCUT2D eigenvalue weighted by molar-refractivity contribution is 7.89. The molecule has 1 heterocycles. The Morgan fingerprint density at radius 2 is 1.67 bits per heavy atom. The van der Waals surface area contributed by atoms with E-state index in [1.165, 1.54) is 49.7 Å². The van der Waals surface area contributed by atoms with Crippen LogP contribution in [0.3, 0.4) is 0 Å². The maximum Gasteiger partial charge on any atom is 0.257 e. The number of hydrogen-bond acceptors (Lipinski definition) is 5. The van der Waals surface area contributed by atoms with Crippen LogP contribution in [0.2, 0.25) is 0 Å². The number of hydrogen-bond donors (Lipinski definition) is 1. The second kappa shape index (κ2) is 7.59. The van der Waals surface area contributed by atoms with Crippen molar-refractivity contribution in [3.05, 3.63) is 65.9 Å². The van der Waals surface area contributed by atoms with Crippen molar-refractivity contribution in [2.45, 2.75) is 11.8 Å². The first-order valence-corrected chi connectivity index (χ1v) is 10.4. The predicted molar refractivity (Wildman–Crippen MR) is 108 cm³/mol. The normalized spacial score (nSPS) is 11.6. The van der Waals surface area contributed by atoms with Gasteiger partial charge in [-0.15, -0.1) is 0 Å². The average Bonchev–Trinajstić information content (AvgIpc) is 3.02. The molecule has 27 heavy (non-hydrogen) atoms. The van der Waals surface area contributed by atoms with Crippen molar-refractivity contribution in [3.63, 3.8) is 0 Å². The molecule has 1 amide bonds. The molecule has 0 aliphatic carbocycles. The summed E-state index contributed by atoms with van der Waals surface area (Å²) < 4.78 is 25.3. The zero-order chi connectivity index (χ0) is 19.6. The highest BCUT2D eigenvalue weighted by atomic mass is 32.2. The molecular weight excluding hydrogens is 382 g/mol. The summed E-state index contributed by atoms with van der Waals surface area (Å²) in [4.78, 5) is 18.0. The lowest BCUT2D eigenvalue weighted by Gasteiger charge is -2.11. The number of anilines is 1. The summed E-state index contributed by atoms with van der Waals surface area (Å²) in [5, 5.41) is 3.28. The van der Waals surface area contributed by atoms with Crippen LogP contribution < -0.4 is 5.32 Å². The number of rotatable bonds is 5. The van der Waals surface area contributed by atoms with Crippen LogP contribution in [0.15, 0.2) is 59.5 Å². The maximum atomic E-state index is 12.5. The van der Waals surface area contributed by atoms with Gasteiger partial charge < -0.3 is 0 Å². The molecule has 0 saturated carbocycles. The fraction of sp³-hybridized carbons (Fsp3) is 0.158. The molecule has 0 bridgehead atoms. The van der Waals surface area contributed by atoms with E-state index in [9.17, 15) is 13.2 Å². The highest BCUT2D eigenvalue weighted by Gasteiger charge is 2.18. The lowest BCUT2D eigenvalue weighted by atomic mass is 10.2. The summed E-state index contributed by atoms with van der Waals surface area (Å²) in [7, 11) is -0.593. The van der Waals surface area contributed by atoms with Crippen LogP contribution in [0.25, 0.3) is 10.4 Å². The van der Waals surface area contributed by atoms with Gasteiger partial charge in [0.05, 0.1) is 15.5 Å². The Hall–Kier alpha value is -2.55. The smallest absolute Gasteiger partial charge is 0.257 e. The monoisotopic (exact) mass is 401 g/mol. The number of amides is 1. The van der Waals surface area contributed by atoms with Gasteiger partial charge in [0, 0.05) is 19.7 Å². The van der Waals surface area contributed by atoms with E-state index in [-0.39, 0.29) is 10.8 Å². The Balaban J connectivity index is 1.78. The van der Waals surface area contributed by atoms with Crippen molar-refractivity contribution in [1.82, 2.24) is 9.29 Å². The van der Waals surface area contributed by atoms with Crippen LogP contribution >= 0.6 is 11.3 Å². The second-order valence-corrected chi connectivity index (χ2v) is 9.22. The zero-order valence-corrected chi connectivity index (χ0v) is 16.8. The molecule has 0 radical (unpaired) electrons. The summed E-state index contributed by atoms with van der Waals surface area (Å²) >= 11 is 1.40. The molecule has 0 atom stereocenters. The number of thiazole rings is 1. The van der Waals surface area contributed by atoms with Crippen LogP contribution in [0.1, 0.15) is 16.1 Å². The van der Waals surface area contributed by atoms with E-state index in [2.05, 4.69) is 10.3 Å². The van der Waals surface area contributed by atoms with E-state index in [0.29, 0.717) is 10.7 Å². The molecule has 0 unspecified atom stereocenters. The molecule has 6 nitrogen and oxygen atoms in total. The molecule has 0 saturated heterocycles. The Labute approximate surface area is 162 Å². The van der Waals surface area contributed by atoms with Gasteiger partial charge in [0.15, 0.2) is 5.13 Å². The standard InChI is InChI=1S/C19H19N3O3S2/c1-13-17(14-7-5-4-6-8-14)26-19(20-13)21-18(23)15-9-11-16(12-10-15)27(24,25)22(2)3/h4-12H,1-3H3,(H,20,21,23). The van der Waals surface area contributed by atoms with Gasteiger partial charge in [0.25, 0.3) is 5.91 Å². The molecule has 2 aromatic carbocycles. The molecule has 1 aromatic heterocycles. The molecular formula is C19H19N3O3S2. The Morgan fingerprint density at radius 3 is 2.26 bits per heavy atom. The van der Waals surface area contributed by atoms with Crippen LogP contribution in [0.4, 0.5) is 5.13 Å². The lowest BCUT2D eigenvalue weighted by Crippen LogP contribution is -2.22. The van der Waals surface area contributed by atoms with Crippen LogP contribution in [0.5, 0.6) is 0 Å². The van der Waals surface area contributed by atoms with Gasteiger partial charge in [-0.05, 0) is 36.8 Å². The fourth-order valence-electron chi connectivity index (χ4n) is 2.47. The quantitative estimate of drug-likeness (QED) is 0.708. The number of sulfonamides is 1. The van der Waals surface area contributed by atoms with Gasteiger partial charge in [-0.3, -0.25) is 10.1 Å². The van der Waals surface area contributed by atoms with Gasteiger partial charge in [0.1, 0.15) is 0 Å². The first-order valence-electron chi connectivity index (χ1n) is 8.16. The summed E-state index contributed by atoms with van der Waals surface area (Å²) in [6.45, 7) is 1.90. The van der Waals surface area contributed by atoms with Crippen LogP contribution in [-0.4, -0.2) is 37.7 Å². The molecule has 8 heteroatoms. The van der Waals surface area contributed by atoms with Gasteiger partial charge in [0.2, 0.25) is 10.0 Å². The summed E-state index contributed by atoms with van der Waals surface area (Å²) in [6.07, 6.45) is 0. The fourth-order valence-corrected chi connectivity index (χ4v) is 4.33. The first-order chi connectivity index (χ1) is 12.8. The third-order valence-corrected chi connectivity index (χ3v) is 6.90. The van der Waals surface area contributed by atoms with Gasteiger partial charge in [-0.2, -0.15) is 0 Å². The summed E-state index contributed by atoms with van der Waals surface area (Å²) in [6, 6.07) is 15.7. The summed E-state index contributed by atoms with van der Waals surface area (Å²) in [5.41, 5.74) is 2.25. The minimum absolute atomic E-state index is 0.139. The number of nitrogens with one attached hydrogen (secondary N) is 1. The van der Waals surface area contributed by atoms with Crippen LogP contribution in [-0.2, 0) is 10.0 Å². The Morgan fingerprint density at radius 1 is 1.04 bits per heavy atom. The third-order valence-electron chi connectivity index (χ3n) is 3.95. The lowest BCUT2D eigenvalue weighted by molar-refractivity contribution is 0.102. The van der Waals surface area contributed by atoms with Gasteiger partial charge in [-0.25, -0.2) is 17.7 Å². The highest BCUT2D eigenvalue weighted by Crippen LogP contribution is 2.32. The van der Waals surface area contributed by atoms with Crippen molar-refractivity contribution in [2.24, 2.45) is 0 Å². The molecule has 0 aliphatic rings. The average molecular weight is 402 g/mol. The number of nitrogens with zero attached hydrogens (tertiary/aromatic N) is 2. The van der Waals surface area contributed by atoms with E-state index in [4.69, 9.17) is 0 Å². The molecule has 0 fully saturated rings. The molecule has 1 N–H and O–H groups in total. The van der Waals surface area contributed by atoms with E-state index in [1.54, 1.807) is 0 Å². The van der Waals surface area contributed by atoms with Crippen molar-refractivity contribution in [2.75, 3.05) is 19.4 Å². The predicted octanol–water partition coefficient (Wildman–Crippen LogP) is 3.62. The van der Waals surface area contributed by atoms with Crippen molar-refractivity contribution >= 4 is 32.4 Å². The number of benzene rings is 2. The van der Waals surface area contributed by atoms with E-state index < -0.39 is 10.0 Å². The first kappa shape index (κ1) is 19.2. The Kier molecular flexibility index (Phi) is 5.41. The van der Waals surface area contributed by atoms with Crippen molar-refractivity contribution < 1.29 is 13.2 Å². The largest absolute Gasteiger partial charge is 0.298 e. The van der Waals surface area contributed by atoms with E-state index >= 15 is 0 Å². The second-order valence-electron chi connectivity index (χ2n) is 6.07. The summed E-state index contributed by atoms with van der Waals surface area (Å²) in [5.74, 6) is -0.336. The minimum atomic E-state index is -3.52. The number of carbonyl (C=O) groups excluding carboxylic acids is 1. The molecule has 0 aliphatic heterocycles. The zero-order valence-electron chi connectivity index (χ0n) is 15.1. The minimum Gasteiger partial charge on any atom is -0.298 e. The van der Waals surface area contributed by atoms with E-state index in [0.717, 1.165) is 20.4 Å². The maximum absolute atomic E-state index is 12.5. The number of aromatic nitrogens is 1. The topological polar surface area (TPSA) is 79.4 Å². The molecule has 0 spiro atoms. The van der Waals surface area contributed by atoms with E-state index in [1.807, 2.05) is 37.3 Å². The van der Waals surface area contributed by atoms with Gasteiger partial charge in [-0.1, -0.05) is 41.7 Å². The van der Waals surface area contributed by atoms with Gasteiger partial charge >= 0.3 is 0 Å². The van der Waals surface area contributed by atoms with Crippen LogP contribution in [0, 0.1) is 6.92 Å². The number of aryl methyl sites for hydroxylation is 1. The van der Waals surface area contributed by atoms with Crippen molar-refractivity contribution in [1.29, 1.82) is 0 Å².